The molecule has 4 rings (SSSR count). The summed E-state index contributed by atoms with van der Waals surface area (Å²) in [6.45, 7) is 6.93. The third-order valence-electron chi connectivity index (χ3n) is 4.54. The molecular formula is C14H18N6O. The van der Waals surface area contributed by atoms with E-state index in [1.165, 1.54) is 0 Å². The minimum Gasteiger partial charge on any atom is -0.342 e. The maximum absolute atomic E-state index is 12.5. The molecule has 4 heterocycles. The van der Waals surface area contributed by atoms with Crippen LogP contribution in [0.25, 0.3) is 5.78 Å². The molecule has 2 aliphatic rings. The van der Waals surface area contributed by atoms with Crippen LogP contribution < -0.4 is 5.32 Å². The Bertz CT molecular complexity index is 728. The Hall–Kier alpha value is -2.02. The Morgan fingerprint density at radius 2 is 2.05 bits per heavy atom. The zero-order chi connectivity index (χ0) is 14.6. The number of aromatic nitrogens is 4. The second kappa shape index (κ2) is 4.24. The number of hydrogen-bond acceptors (Lipinski definition) is 5. The van der Waals surface area contributed by atoms with Crippen LogP contribution in [0.1, 0.15) is 34.8 Å². The van der Waals surface area contributed by atoms with Gasteiger partial charge in [0.05, 0.1) is 5.54 Å². The smallest absolute Gasteiger partial charge is 0.291 e. The average molecular weight is 286 g/mol. The van der Waals surface area contributed by atoms with Crippen molar-refractivity contribution in [3.8, 4) is 0 Å². The Morgan fingerprint density at radius 1 is 1.29 bits per heavy atom. The number of carbonyl (C=O) groups is 1. The number of nitrogens with zero attached hydrogens (tertiary/aromatic N) is 5. The third kappa shape index (κ3) is 1.99. The van der Waals surface area contributed by atoms with Crippen molar-refractivity contribution in [1.82, 2.24) is 29.8 Å². The first-order chi connectivity index (χ1) is 10.0. The van der Waals surface area contributed by atoms with Crippen LogP contribution in [0.3, 0.4) is 0 Å². The minimum absolute atomic E-state index is 0.0764. The highest BCUT2D eigenvalue weighted by atomic mass is 16.2. The summed E-state index contributed by atoms with van der Waals surface area (Å²) in [5.41, 5.74) is 1.72. The number of carbonyl (C=O) groups excluding carboxylic acids is 1. The molecule has 2 bridgehead atoms. The van der Waals surface area contributed by atoms with Gasteiger partial charge in [0.25, 0.3) is 11.7 Å². The maximum Gasteiger partial charge on any atom is 0.291 e. The monoisotopic (exact) mass is 286 g/mol. The highest BCUT2D eigenvalue weighted by Crippen LogP contribution is 2.32. The van der Waals surface area contributed by atoms with Crippen molar-refractivity contribution in [2.75, 3.05) is 19.6 Å². The maximum atomic E-state index is 12.5. The second-order valence-electron chi connectivity index (χ2n) is 6.20. The van der Waals surface area contributed by atoms with E-state index in [-0.39, 0.29) is 17.3 Å². The van der Waals surface area contributed by atoms with Crippen LogP contribution in [0.15, 0.2) is 6.07 Å². The lowest BCUT2D eigenvalue weighted by molar-refractivity contribution is 0.0897. The molecule has 1 N–H and O–H groups in total. The first-order valence-corrected chi connectivity index (χ1v) is 7.31. The molecule has 110 valence electrons. The van der Waals surface area contributed by atoms with E-state index in [2.05, 4.69) is 25.3 Å². The summed E-state index contributed by atoms with van der Waals surface area (Å²) in [6, 6.07) is 1.92. The third-order valence-corrected chi connectivity index (χ3v) is 4.54. The molecule has 0 saturated carbocycles. The highest BCUT2D eigenvalue weighted by molar-refractivity contribution is 5.91. The van der Waals surface area contributed by atoms with Crippen molar-refractivity contribution in [2.45, 2.75) is 32.2 Å². The summed E-state index contributed by atoms with van der Waals surface area (Å²) < 4.78 is 1.62. The summed E-state index contributed by atoms with van der Waals surface area (Å²) in [5.74, 6) is 0.492. The van der Waals surface area contributed by atoms with E-state index in [1.807, 2.05) is 19.9 Å². The van der Waals surface area contributed by atoms with Gasteiger partial charge in [-0.15, -0.1) is 5.10 Å². The minimum atomic E-state index is -0.193. The molecule has 0 aliphatic carbocycles. The topological polar surface area (TPSA) is 75.4 Å². The molecular weight excluding hydrogens is 268 g/mol. The van der Waals surface area contributed by atoms with Crippen LogP contribution in [0.4, 0.5) is 0 Å². The van der Waals surface area contributed by atoms with Gasteiger partial charge in [0.1, 0.15) is 0 Å². The highest BCUT2D eigenvalue weighted by Gasteiger charge is 2.45. The lowest BCUT2D eigenvalue weighted by Crippen LogP contribution is -2.48. The summed E-state index contributed by atoms with van der Waals surface area (Å²) in [6.07, 6.45) is 2.03. The number of hydrogen-bond donors (Lipinski definition) is 1. The molecule has 0 radical (unpaired) electrons. The summed E-state index contributed by atoms with van der Waals surface area (Å²) in [4.78, 5) is 23.4. The molecule has 7 heteroatoms. The Morgan fingerprint density at radius 3 is 2.71 bits per heavy atom. The zero-order valence-electron chi connectivity index (χ0n) is 12.3. The predicted molar refractivity (Wildman–Crippen MR) is 76.1 cm³/mol. The van der Waals surface area contributed by atoms with Gasteiger partial charge in [-0.3, -0.25) is 4.79 Å². The normalized spacial score (nSPS) is 27.4. The van der Waals surface area contributed by atoms with Gasteiger partial charge >= 0.3 is 0 Å². The summed E-state index contributed by atoms with van der Waals surface area (Å²) >= 11 is 0. The molecule has 0 unspecified atom stereocenters. The van der Waals surface area contributed by atoms with Crippen LogP contribution in [0.2, 0.25) is 0 Å². The summed E-state index contributed by atoms with van der Waals surface area (Å²) in [7, 11) is 0. The van der Waals surface area contributed by atoms with Crippen molar-refractivity contribution in [3.63, 3.8) is 0 Å². The largest absolute Gasteiger partial charge is 0.342 e. The molecule has 0 aromatic carbocycles. The fourth-order valence-corrected chi connectivity index (χ4v) is 3.45. The first-order valence-electron chi connectivity index (χ1n) is 7.31. The van der Waals surface area contributed by atoms with Crippen molar-refractivity contribution < 1.29 is 4.79 Å². The van der Waals surface area contributed by atoms with Gasteiger partial charge in [0, 0.05) is 31.0 Å². The fourth-order valence-electron chi connectivity index (χ4n) is 3.45. The van der Waals surface area contributed by atoms with Crippen LogP contribution in [0.5, 0.6) is 0 Å². The van der Waals surface area contributed by atoms with Crippen LogP contribution in [-0.2, 0) is 0 Å². The molecule has 2 aromatic rings. The average Bonchev–Trinajstić information content (AvgIpc) is 3.10. The van der Waals surface area contributed by atoms with Crippen molar-refractivity contribution in [1.29, 1.82) is 0 Å². The lowest BCUT2D eigenvalue weighted by atomic mass is 9.95. The van der Waals surface area contributed by atoms with E-state index in [9.17, 15) is 4.79 Å². The Kier molecular flexibility index (Phi) is 2.56. The van der Waals surface area contributed by atoms with Crippen LogP contribution >= 0.6 is 0 Å². The van der Waals surface area contributed by atoms with Crippen LogP contribution in [0, 0.1) is 13.8 Å². The second-order valence-corrected chi connectivity index (χ2v) is 6.20. The van der Waals surface area contributed by atoms with E-state index in [0.717, 1.165) is 43.9 Å². The number of fused-ring (bicyclic) bond motifs is 3. The molecule has 1 amide bonds. The van der Waals surface area contributed by atoms with E-state index in [0.29, 0.717) is 5.78 Å². The van der Waals surface area contributed by atoms with Crippen molar-refractivity contribution in [2.24, 2.45) is 0 Å². The molecule has 2 fully saturated rings. The van der Waals surface area contributed by atoms with E-state index >= 15 is 0 Å². The molecule has 2 aromatic heterocycles. The quantitative estimate of drug-likeness (QED) is 0.860. The lowest BCUT2D eigenvalue weighted by Gasteiger charge is -2.25. The number of aryl methyl sites for hydroxylation is 2. The Labute approximate surface area is 122 Å². The SMILES string of the molecule is Cc1cc(C)n2nc(C(=O)NC34CCN(CC3)C4)nc2n1. The van der Waals surface area contributed by atoms with Crippen LogP contribution in [-0.4, -0.2) is 55.6 Å². The first kappa shape index (κ1) is 12.7. The standard InChI is InChI=1S/C14H18N6O/c1-9-7-10(2)20-13(15-9)16-11(18-20)12(21)17-14-3-5-19(8-14)6-4-14/h7H,3-6,8H2,1-2H3,(H,17,21). The molecule has 0 spiro atoms. The van der Waals surface area contributed by atoms with Gasteiger partial charge in [0.15, 0.2) is 0 Å². The summed E-state index contributed by atoms with van der Waals surface area (Å²) in [5, 5.41) is 7.44. The van der Waals surface area contributed by atoms with E-state index < -0.39 is 0 Å². The van der Waals surface area contributed by atoms with Crippen molar-refractivity contribution in [3.05, 3.63) is 23.3 Å². The van der Waals surface area contributed by atoms with Gasteiger partial charge in [-0.25, -0.2) is 9.50 Å². The van der Waals surface area contributed by atoms with Gasteiger partial charge in [0.2, 0.25) is 5.82 Å². The Balaban J connectivity index is 1.64. The van der Waals surface area contributed by atoms with Crippen molar-refractivity contribution >= 4 is 11.7 Å². The van der Waals surface area contributed by atoms with E-state index in [1.54, 1.807) is 4.52 Å². The van der Waals surface area contributed by atoms with E-state index in [4.69, 9.17) is 0 Å². The molecule has 7 nitrogen and oxygen atoms in total. The predicted octanol–water partition coefficient (Wildman–Crippen LogP) is 0.319. The molecule has 0 atom stereocenters. The molecule has 21 heavy (non-hydrogen) atoms. The fraction of sp³-hybridized carbons (Fsp3) is 0.571. The van der Waals surface area contributed by atoms with Gasteiger partial charge in [-0.1, -0.05) is 0 Å². The number of rotatable bonds is 2. The van der Waals surface area contributed by atoms with Gasteiger partial charge in [-0.05, 0) is 32.8 Å². The zero-order valence-corrected chi connectivity index (χ0v) is 12.3. The number of amides is 1. The number of piperidine rings is 1. The van der Waals surface area contributed by atoms with Gasteiger partial charge < -0.3 is 10.2 Å². The molecule has 2 aliphatic heterocycles. The molecule has 2 saturated heterocycles. The number of nitrogens with one attached hydrogen (secondary N) is 1. The van der Waals surface area contributed by atoms with Gasteiger partial charge in [-0.2, -0.15) is 4.98 Å².